The molecule has 1 unspecified atom stereocenters. The van der Waals surface area contributed by atoms with Gasteiger partial charge in [0.15, 0.2) is 0 Å². The fourth-order valence-corrected chi connectivity index (χ4v) is 2.82. The molecule has 2 aliphatic rings. The third-order valence-corrected chi connectivity index (χ3v) is 5.05. The molecule has 0 aromatic rings. The molecule has 1 N–H and O–H groups in total. The molecular formula is C16H30N2O. The molecule has 1 amide bonds. The SMILES string of the molecule is CC(C(=O)N1CCC(NC2CCC2)CC1)C(C)(C)C. The summed E-state index contributed by atoms with van der Waals surface area (Å²) in [4.78, 5) is 14.5. The van der Waals surface area contributed by atoms with Gasteiger partial charge < -0.3 is 10.2 Å². The second-order valence-corrected chi connectivity index (χ2v) is 7.48. The molecule has 0 aromatic heterocycles. The number of amides is 1. The highest BCUT2D eigenvalue weighted by molar-refractivity contribution is 5.79. The van der Waals surface area contributed by atoms with Crippen LogP contribution in [-0.4, -0.2) is 36.0 Å². The van der Waals surface area contributed by atoms with E-state index in [0.717, 1.165) is 32.0 Å². The molecule has 0 spiro atoms. The average Bonchev–Trinajstić information content (AvgIpc) is 2.31. The first-order valence-electron chi connectivity index (χ1n) is 7.93. The molecule has 2 rings (SSSR count). The number of likely N-dealkylation sites (tertiary alicyclic amines) is 1. The smallest absolute Gasteiger partial charge is 0.225 e. The largest absolute Gasteiger partial charge is 0.342 e. The summed E-state index contributed by atoms with van der Waals surface area (Å²) >= 11 is 0. The van der Waals surface area contributed by atoms with Crippen LogP contribution in [0.3, 0.4) is 0 Å². The summed E-state index contributed by atoms with van der Waals surface area (Å²) in [5.74, 6) is 0.457. The van der Waals surface area contributed by atoms with Gasteiger partial charge in [-0.05, 0) is 31.1 Å². The summed E-state index contributed by atoms with van der Waals surface area (Å²) in [5, 5.41) is 3.74. The predicted octanol–water partition coefficient (Wildman–Crippen LogP) is 2.80. The second kappa shape index (κ2) is 5.82. The predicted molar refractivity (Wildman–Crippen MR) is 79.0 cm³/mol. The Balaban J connectivity index is 1.77. The van der Waals surface area contributed by atoms with Crippen LogP contribution in [0.2, 0.25) is 0 Å². The van der Waals surface area contributed by atoms with Crippen molar-refractivity contribution in [1.82, 2.24) is 10.2 Å². The lowest BCUT2D eigenvalue weighted by Gasteiger charge is -2.39. The van der Waals surface area contributed by atoms with Crippen LogP contribution in [0, 0.1) is 11.3 Å². The van der Waals surface area contributed by atoms with Gasteiger partial charge in [0.25, 0.3) is 0 Å². The van der Waals surface area contributed by atoms with E-state index in [-0.39, 0.29) is 11.3 Å². The molecule has 1 aliphatic heterocycles. The van der Waals surface area contributed by atoms with Gasteiger partial charge in [-0.3, -0.25) is 4.79 Å². The van der Waals surface area contributed by atoms with Crippen LogP contribution in [0.25, 0.3) is 0 Å². The first kappa shape index (κ1) is 14.8. The number of carbonyl (C=O) groups is 1. The lowest BCUT2D eigenvalue weighted by Crippen LogP contribution is -2.51. The Hall–Kier alpha value is -0.570. The summed E-state index contributed by atoms with van der Waals surface area (Å²) < 4.78 is 0. The summed E-state index contributed by atoms with van der Waals surface area (Å²) in [5.41, 5.74) is 0.0676. The molecule has 0 radical (unpaired) electrons. The van der Waals surface area contributed by atoms with Crippen LogP contribution in [0.5, 0.6) is 0 Å². The van der Waals surface area contributed by atoms with Crippen molar-refractivity contribution in [2.75, 3.05) is 13.1 Å². The molecule has 3 nitrogen and oxygen atoms in total. The molecule has 0 aromatic carbocycles. The number of hydrogen-bond donors (Lipinski definition) is 1. The highest BCUT2D eigenvalue weighted by atomic mass is 16.2. The average molecular weight is 266 g/mol. The quantitative estimate of drug-likeness (QED) is 0.852. The maximum Gasteiger partial charge on any atom is 0.225 e. The molecule has 1 saturated carbocycles. The zero-order valence-corrected chi connectivity index (χ0v) is 13.0. The Labute approximate surface area is 118 Å². The number of rotatable bonds is 3. The first-order chi connectivity index (χ1) is 8.88. The third-order valence-electron chi connectivity index (χ3n) is 5.05. The Kier molecular flexibility index (Phi) is 4.54. The van der Waals surface area contributed by atoms with Crippen LogP contribution >= 0.6 is 0 Å². The number of piperidine rings is 1. The summed E-state index contributed by atoms with van der Waals surface area (Å²) in [6, 6.07) is 1.40. The fourth-order valence-electron chi connectivity index (χ4n) is 2.82. The van der Waals surface area contributed by atoms with E-state index in [1.807, 2.05) is 0 Å². The molecule has 1 aliphatic carbocycles. The van der Waals surface area contributed by atoms with Crippen molar-refractivity contribution in [2.45, 2.75) is 71.9 Å². The van der Waals surface area contributed by atoms with Crippen LogP contribution in [0.15, 0.2) is 0 Å². The molecule has 1 heterocycles. The zero-order valence-electron chi connectivity index (χ0n) is 13.0. The van der Waals surface area contributed by atoms with Gasteiger partial charge in [-0.2, -0.15) is 0 Å². The molecule has 2 fully saturated rings. The molecular weight excluding hydrogens is 236 g/mol. The maximum absolute atomic E-state index is 12.4. The minimum Gasteiger partial charge on any atom is -0.342 e. The van der Waals surface area contributed by atoms with Gasteiger partial charge in [0.1, 0.15) is 0 Å². The number of hydrogen-bond acceptors (Lipinski definition) is 2. The van der Waals surface area contributed by atoms with Crippen LogP contribution in [0.1, 0.15) is 59.8 Å². The van der Waals surface area contributed by atoms with Gasteiger partial charge >= 0.3 is 0 Å². The van der Waals surface area contributed by atoms with Crippen LogP contribution in [-0.2, 0) is 4.79 Å². The molecule has 19 heavy (non-hydrogen) atoms. The Bertz CT molecular complexity index is 309. The Morgan fingerprint density at radius 3 is 2.05 bits per heavy atom. The van der Waals surface area contributed by atoms with E-state index in [1.54, 1.807) is 0 Å². The normalized spacial score (nSPS) is 24.1. The van der Waals surface area contributed by atoms with Gasteiger partial charge in [-0.1, -0.05) is 34.1 Å². The standard InChI is InChI=1S/C16H30N2O/c1-12(16(2,3)4)15(19)18-10-8-14(9-11-18)17-13-6-5-7-13/h12-14,17H,5-11H2,1-4H3. The Morgan fingerprint density at radius 1 is 1.11 bits per heavy atom. The summed E-state index contributed by atoms with van der Waals surface area (Å²) in [6.45, 7) is 10.4. The highest BCUT2D eigenvalue weighted by Gasteiger charge is 2.32. The maximum atomic E-state index is 12.4. The van der Waals surface area contributed by atoms with E-state index >= 15 is 0 Å². The molecule has 110 valence electrons. The minimum absolute atomic E-state index is 0.0676. The number of nitrogens with one attached hydrogen (secondary N) is 1. The second-order valence-electron chi connectivity index (χ2n) is 7.48. The van der Waals surface area contributed by atoms with Crippen LogP contribution < -0.4 is 5.32 Å². The summed E-state index contributed by atoms with van der Waals surface area (Å²) in [6.07, 6.45) is 6.33. The van der Waals surface area contributed by atoms with Crippen molar-refractivity contribution >= 4 is 5.91 Å². The monoisotopic (exact) mass is 266 g/mol. The fraction of sp³-hybridized carbons (Fsp3) is 0.938. The van der Waals surface area contributed by atoms with Crippen molar-refractivity contribution in [1.29, 1.82) is 0 Å². The van der Waals surface area contributed by atoms with Crippen molar-refractivity contribution in [3.63, 3.8) is 0 Å². The van der Waals surface area contributed by atoms with Gasteiger partial charge in [0.05, 0.1) is 0 Å². The van der Waals surface area contributed by atoms with E-state index < -0.39 is 0 Å². The number of carbonyl (C=O) groups excluding carboxylic acids is 1. The molecule has 1 atom stereocenters. The van der Waals surface area contributed by atoms with Crippen molar-refractivity contribution in [2.24, 2.45) is 11.3 Å². The highest BCUT2D eigenvalue weighted by Crippen LogP contribution is 2.28. The van der Waals surface area contributed by atoms with Crippen LogP contribution in [0.4, 0.5) is 0 Å². The Morgan fingerprint density at radius 2 is 1.63 bits per heavy atom. The summed E-state index contributed by atoms with van der Waals surface area (Å²) in [7, 11) is 0. The first-order valence-corrected chi connectivity index (χ1v) is 7.93. The van der Waals surface area contributed by atoms with E-state index in [0.29, 0.717) is 11.9 Å². The van der Waals surface area contributed by atoms with E-state index in [9.17, 15) is 4.79 Å². The molecule has 1 saturated heterocycles. The third kappa shape index (κ3) is 3.71. The van der Waals surface area contributed by atoms with E-state index in [2.05, 4.69) is 37.9 Å². The van der Waals surface area contributed by atoms with E-state index in [1.165, 1.54) is 19.3 Å². The lowest BCUT2D eigenvalue weighted by molar-refractivity contribution is -0.139. The van der Waals surface area contributed by atoms with Gasteiger partial charge in [0.2, 0.25) is 5.91 Å². The van der Waals surface area contributed by atoms with Gasteiger partial charge in [-0.25, -0.2) is 0 Å². The minimum atomic E-state index is 0.0676. The zero-order chi connectivity index (χ0) is 14.0. The van der Waals surface area contributed by atoms with Gasteiger partial charge in [0, 0.05) is 31.1 Å². The number of nitrogens with zero attached hydrogens (tertiary/aromatic N) is 1. The van der Waals surface area contributed by atoms with Gasteiger partial charge in [-0.15, -0.1) is 0 Å². The molecule has 0 bridgehead atoms. The molecule has 3 heteroatoms. The lowest BCUT2D eigenvalue weighted by atomic mass is 9.81. The van der Waals surface area contributed by atoms with Crippen molar-refractivity contribution in [3.8, 4) is 0 Å². The van der Waals surface area contributed by atoms with Crippen molar-refractivity contribution < 1.29 is 4.79 Å². The van der Waals surface area contributed by atoms with Crippen molar-refractivity contribution in [3.05, 3.63) is 0 Å². The van der Waals surface area contributed by atoms with E-state index in [4.69, 9.17) is 0 Å². The topological polar surface area (TPSA) is 32.3 Å².